The van der Waals surface area contributed by atoms with Crippen LogP contribution in [0.25, 0.3) is 5.13 Å². The van der Waals surface area contributed by atoms with Gasteiger partial charge in [-0.2, -0.15) is 0 Å². The highest BCUT2D eigenvalue weighted by atomic mass is 32.1. The monoisotopic (exact) mass is 339 g/mol. The Kier molecular flexibility index (Phi) is 4.00. The van der Waals surface area contributed by atoms with Gasteiger partial charge in [0.1, 0.15) is 11.5 Å². The van der Waals surface area contributed by atoms with E-state index in [0.29, 0.717) is 18.8 Å². The number of carbonyl (C=O) groups is 1. The summed E-state index contributed by atoms with van der Waals surface area (Å²) in [7, 11) is 0. The van der Waals surface area contributed by atoms with Crippen molar-refractivity contribution in [3.05, 3.63) is 60.0 Å². The summed E-state index contributed by atoms with van der Waals surface area (Å²) in [6.07, 6.45) is 5.66. The van der Waals surface area contributed by atoms with Crippen molar-refractivity contribution < 1.29 is 4.79 Å². The average molecular weight is 339 g/mol. The largest absolute Gasteiger partial charge is 0.353 e. The van der Waals surface area contributed by atoms with Crippen LogP contribution in [-0.2, 0) is 0 Å². The topological polar surface area (TPSA) is 54.3 Å². The summed E-state index contributed by atoms with van der Waals surface area (Å²) < 4.78 is 1.92. The van der Waals surface area contributed by atoms with Gasteiger partial charge in [-0.05, 0) is 24.3 Å². The number of amides is 1. The molecule has 6 nitrogen and oxygen atoms in total. The highest BCUT2D eigenvalue weighted by molar-refractivity contribution is 7.12. The van der Waals surface area contributed by atoms with Crippen molar-refractivity contribution in [2.45, 2.75) is 0 Å². The second-order valence-corrected chi connectivity index (χ2v) is 6.41. The van der Waals surface area contributed by atoms with E-state index in [1.165, 1.54) is 11.3 Å². The van der Waals surface area contributed by atoms with Gasteiger partial charge in [0.25, 0.3) is 5.91 Å². The number of aromatic nitrogens is 3. The summed E-state index contributed by atoms with van der Waals surface area (Å²) in [5, 5.41) is 2.65. The Bertz CT molecular complexity index is 807. The molecule has 1 amide bonds. The Morgan fingerprint density at radius 1 is 1.04 bits per heavy atom. The number of pyridine rings is 1. The Hall–Kier alpha value is -2.67. The molecule has 4 heterocycles. The predicted molar refractivity (Wildman–Crippen MR) is 93.8 cm³/mol. The third-order valence-corrected chi connectivity index (χ3v) is 4.93. The van der Waals surface area contributed by atoms with Crippen molar-refractivity contribution in [2.24, 2.45) is 0 Å². The Morgan fingerprint density at radius 3 is 2.54 bits per heavy atom. The zero-order valence-electron chi connectivity index (χ0n) is 13.1. The minimum atomic E-state index is 0.00493. The van der Waals surface area contributed by atoms with Crippen molar-refractivity contribution in [3.8, 4) is 5.13 Å². The fourth-order valence-corrected chi connectivity index (χ4v) is 3.55. The van der Waals surface area contributed by atoms with E-state index in [4.69, 9.17) is 0 Å². The summed E-state index contributed by atoms with van der Waals surface area (Å²) in [5.74, 6) is 0.971. The van der Waals surface area contributed by atoms with Gasteiger partial charge in [0.2, 0.25) is 0 Å². The Labute approximate surface area is 144 Å². The summed E-state index contributed by atoms with van der Waals surface area (Å²) in [6.45, 7) is 2.95. The van der Waals surface area contributed by atoms with Gasteiger partial charge in [0.05, 0.1) is 0 Å². The maximum atomic E-state index is 12.7. The average Bonchev–Trinajstić information content (AvgIpc) is 3.33. The van der Waals surface area contributed by atoms with Gasteiger partial charge >= 0.3 is 0 Å². The van der Waals surface area contributed by atoms with Crippen LogP contribution in [0.2, 0.25) is 0 Å². The molecule has 0 N–H and O–H groups in total. The molecule has 0 bridgehead atoms. The summed E-state index contributed by atoms with van der Waals surface area (Å²) >= 11 is 1.48. The first-order valence-electron chi connectivity index (χ1n) is 7.85. The lowest BCUT2D eigenvalue weighted by Crippen LogP contribution is -2.49. The summed E-state index contributed by atoms with van der Waals surface area (Å²) in [6, 6.07) is 9.78. The number of carbonyl (C=O) groups excluding carboxylic acids is 1. The first-order valence-corrected chi connectivity index (χ1v) is 8.73. The molecule has 1 aliphatic heterocycles. The molecular formula is C17H17N5OS. The summed E-state index contributed by atoms with van der Waals surface area (Å²) in [5.41, 5.74) is 0.523. The lowest BCUT2D eigenvalue weighted by atomic mass is 10.3. The molecule has 1 saturated heterocycles. The minimum Gasteiger partial charge on any atom is -0.353 e. The molecule has 3 aromatic rings. The number of rotatable bonds is 3. The molecule has 0 saturated carbocycles. The van der Waals surface area contributed by atoms with E-state index >= 15 is 0 Å². The zero-order valence-corrected chi connectivity index (χ0v) is 13.9. The number of anilines is 1. The first-order chi connectivity index (χ1) is 11.8. The second-order valence-electron chi connectivity index (χ2n) is 5.57. The highest BCUT2D eigenvalue weighted by Gasteiger charge is 2.24. The van der Waals surface area contributed by atoms with Crippen molar-refractivity contribution in [2.75, 3.05) is 31.1 Å². The molecule has 1 aliphatic rings. The molecular weight excluding hydrogens is 322 g/mol. The molecule has 0 atom stereocenters. The lowest BCUT2D eigenvalue weighted by Gasteiger charge is -2.35. The highest BCUT2D eigenvalue weighted by Crippen LogP contribution is 2.18. The standard InChI is InChI=1S/C17H17N5OS/c23-16(14-13-24-17(19-14)22-7-3-4-8-22)21-11-9-20(10-12-21)15-5-1-2-6-18-15/h1-8,13H,9-12H2. The number of hydrogen-bond acceptors (Lipinski definition) is 5. The van der Waals surface area contributed by atoms with Crippen LogP contribution in [0.3, 0.4) is 0 Å². The molecule has 0 spiro atoms. The van der Waals surface area contributed by atoms with Crippen LogP contribution >= 0.6 is 11.3 Å². The van der Waals surface area contributed by atoms with E-state index in [-0.39, 0.29) is 5.91 Å². The number of piperazine rings is 1. The van der Waals surface area contributed by atoms with E-state index in [2.05, 4.69) is 14.9 Å². The first kappa shape index (κ1) is 14.9. The Balaban J connectivity index is 1.41. The molecule has 0 aliphatic carbocycles. The van der Waals surface area contributed by atoms with Gasteiger partial charge < -0.3 is 14.4 Å². The lowest BCUT2D eigenvalue weighted by molar-refractivity contribution is 0.0741. The third kappa shape index (κ3) is 2.90. The van der Waals surface area contributed by atoms with Crippen molar-refractivity contribution >= 4 is 23.1 Å². The Morgan fingerprint density at radius 2 is 1.83 bits per heavy atom. The number of thiazole rings is 1. The fraction of sp³-hybridized carbons (Fsp3) is 0.235. The van der Waals surface area contributed by atoms with Crippen LogP contribution in [-0.4, -0.2) is 51.5 Å². The van der Waals surface area contributed by atoms with Crippen LogP contribution < -0.4 is 4.90 Å². The van der Waals surface area contributed by atoms with Gasteiger partial charge in [0.15, 0.2) is 5.13 Å². The van der Waals surface area contributed by atoms with E-state index in [1.807, 2.05) is 57.6 Å². The zero-order chi connectivity index (χ0) is 16.4. The van der Waals surface area contributed by atoms with Crippen LogP contribution in [0.4, 0.5) is 5.82 Å². The van der Waals surface area contributed by atoms with Crippen LogP contribution in [0.5, 0.6) is 0 Å². The second kappa shape index (κ2) is 6.45. The smallest absolute Gasteiger partial charge is 0.273 e. The maximum Gasteiger partial charge on any atom is 0.273 e. The molecule has 4 rings (SSSR count). The molecule has 0 radical (unpaired) electrons. The van der Waals surface area contributed by atoms with E-state index in [0.717, 1.165) is 24.0 Å². The molecule has 0 aromatic carbocycles. The van der Waals surface area contributed by atoms with E-state index in [9.17, 15) is 4.79 Å². The number of hydrogen-bond donors (Lipinski definition) is 0. The molecule has 7 heteroatoms. The van der Waals surface area contributed by atoms with Crippen LogP contribution in [0.15, 0.2) is 54.3 Å². The van der Waals surface area contributed by atoms with Crippen LogP contribution in [0.1, 0.15) is 10.5 Å². The van der Waals surface area contributed by atoms with Gasteiger partial charge in [-0.15, -0.1) is 11.3 Å². The fourth-order valence-electron chi connectivity index (χ4n) is 2.78. The van der Waals surface area contributed by atoms with Crippen molar-refractivity contribution in [3.63, 3.8) is 0 Å². The molecule has 1 fully saturated rings. The van der Waals surface area contributed by atoms with E-state index in [1.54, 1.807) is 6.20 Å². The third-order valence-electron chi connectivity index (χ3n) is 4.08. The van der Waals surface area contributed by atoms with Gasteiger partial charge in [0, 0.05) is 50.1 Å². The van der Waals surface area contributed by atoms with E-state index < -0.39 is 0 Å². The molecule has 3 aromatic heterocycles. The van der Waals surface area contributed by atoms with Crippen molar-refractivity contribution in [1.82, 2.24) is 19.4 Å². The summed E-state index contributed by atoms with van der Waals surface area (Å²) in [4.78, 5) is 25.6. The van der Waals surface area contributed by atoms with Crippen molar-refractivity contribution in [1.29, 1.82) is 0 Å². The number of nitrogens with zero attached hydrogens (tertiary/aromatic N) is 5. The van der Waals surface area contributed by atoms with Gasteiger partial charge in [-0.25, -0.2) is 9.97 Å². The quantitative estimate of drug-likeness (QED) is 0.735. The van der Waals surface area contributed by atoms with Gasteiger partial charge in [-0.1, -0.05) is 6.07 Å². The van der Waals surface area contributed by atoms with Gasteiger partial charge in [-0.3, -0.25) is 4.79 Å². The molecule has 24 heavy (non-hydrogen) atoms. The molecule has 0 unspecified atom stereocenters. The van der Waals surface area contributed by atoms with Crippen LogP contribution in [0, 0.1) is 0 Å². The maximum absolute atomic E-state index is 12.7. The molecule has 122 valence electrons. The minimum absolute atomic E-state index is 0.00493. The SMILES string of the molecule is O=C(c1csc(-n2cccc2)n1)N1CCN(c2ccccn2)CC1. The predicted octanol–water partition coefficient (Wildman–Crippen LogP) is 2.29. The normalized spacial score (nSPS) is 14.8.